The highest BCUT2D eigenvalue weighted by Crippen LogP contribution is 2.28. The molecule has 0 bridgehead atoms. The minimum absolute atomic E-state index is 0.274. The molecule has 1 fully saturated rings. The number of sulfonamides is 1. The van der Waals surface area contributed by atoms with Crippen LogP contribution in [0.25, 0.3) is 0 Å². The molecule has 1 unspecified atom stereocenters. The molecule has 0 saturated heterocycles. The van der Waals surface area contributed by atoms with Crippen molar-refractivity contribution < 1.29 is 22.3 Å². The van der Waals surface area contributed by atoms with Gasteiger partial charge >= 0.3 is 5.97 Å². The van der Waals surface area contributed by atoms with Crippen molar-refractivity contribution in [2.24, 2.45) is 5.92 Å². The molecule has 1 aromatic carbocycles. The Morgan fingerprint density at radius 2 is 1.96 bits per heavy atom. The topological polar surface area (TPSA) is 72.5 Å². The fourth-order valence-corrected chi connectivity index (χ4v) is 4.28. The van der Waals surface area contributed by atoms with E-state index >= 15 is 0 Å². The van der Waals surface area contributed by atoms with Gasteiger partial charge in [0.1, 0.15) is 16.8 Å². The maximum absolute atomic E-state index is 13.7. The van der Waals surface area contributed by atoms with Crippen LogP contribution >= 0.6 is 0 Å². The fraction of sp³-hybridized carbons (Fsp3) is 0.562. The molecule has 0 aromatic heterocycles. The predicted octanol–water partition coefficient (Wildman–Crippen LogP) is 2.62. The highest BCUT2D eigenvalue weighted by atomic mass is 32.2. The minimum atomic E-state index is -4.12. The molecule has 0 heterocycles. The lowest BCUT2D eigenvalue weighted by molar-refractivity contribution is -0.143. The maximum atomic E-state index is 13.7. The number of halogens is 1. The maximum Gasteiger partial charge on any atom is 0.323 e. The Bertz CT molecular complexity index is 641. The average molecular weight is 343 g/mol. The van der Waals surface area contributed by atoms with Crippen LogP contribution in [0, 0.1) is 11.7 Å². The molecule has 0 aliphatic heterocycles. The van der Waals surface area contributed by atoms with Crippen LogP contribution in [0.5, 0.6) is 0 Å². The molecule has 128 valence electrons. The van der Waals surface area contributed by atoms with Gasteiger partial charge in [-0.05, 0) is 24.5 Å². The fourth-order valence-electron chi connectivity index (χ4n) is 3.00. The zero-order valence-corrected chi connectivity index (χ0v) is 13.9. The van der Waals surface area contributed by atoms with Crippen molar-refractivity contribution >= 4 is 16.0 Å². The quantitative estimate of drug-likeness (QED) is 0.806. The van der Waals surface area contributed by atoms with Gasteiger partial charge in [0.2, 0.25) is 10.0 Å². The lowest BCUT2D eigenvalue weighted by Gasteiger charge is -2.25. The summed E-state index contributed by atoms with van der Waals surface area (Å²) in [6.45, 7) is 0. The second-order valence-electron chi connectivity index (χ2n) is 5.87. The zero-order chi connectivity index (χ0) is 16.9. The van der Waals surface area contributed by atoms with Gasteiger partial charge in [0, 0.05) is 0 Å². The van der Waals surface area contributed by atoms with Crippen LogP contribution in [-0.2, 0) is 19.6 Å². The molecule has 1 saturated carbocycles. The molecule has 1 atom stereocenters. The summed E-state index contributed by atoms with van der Waals surface area (Å²) < 4.78 is 45.5. The van der Waals surface area contributed by atoms with E-state index in [4.69, 9.17) is 4.74 Å². The van der Waals surface area contributed by atoms with Crippen molar-refractivity contribution in [3.8, 4) is 0 Å². The summed E-state index contributed by atoms with van der Waals surface area (Å²) in [5.74, 6) is -1.21. The summed E-state index contributed by atoms with van der Waals surface area (Å²) in [6, 6.07) is 4.10. The van der Waals surface area contributed by atoms with Crippen LogP contribution in [0.15, 0.2) is 29.2 Å². The van der Waals surface area contributed by atoms with E-state index in [0.29, 0.717) is 6.42 Å². The van der Waals surface area contributed by atoms with Crippen molar-refractivity contribution in [3.05, 3.63) is 30.1 Å². The predicted molar refractivity (Wildman–Crippen MR) is 83.7 cm³/mol. The third kappa shape index (κ3) is 4.75. The van der Waals surface area contributed by atoms with Crippen LogP contribution in [0.4, 0.5) is 4.39 Å². The smallest absolute Gasteiger partial charge is 0.323 e. The molecule has 1 N–H and O–H groups in total. The summed E-state index contributed by atoms with van der Waals surface area (Å²) >= 11 is 0. The van der Waals surface area contributed by atoms with Crippen LogP contribution in [0.1, 0.15) is 38.5 Å². The molecular weight excluding hydrogens is 321 g/mol. The Morgan fingerprint density at radius 3 is 2.57 bits per heavy atom. The van der Waals surface area contributed by atoms with Crippen LogP contribution < -0.4 is 4.72 Å². The van der Waals surface area contributed by atoms with Crippen LogP contribution in [-0.4, -0.2) is 27.5 Å². The number of benzene rings is 1. The number of hydrogen-bond donors (Lipinski definition) is 1. The molecule has 0 amide bonds. The first-order valence-corrected chi connectivity index (χ1v) is 9.27. The van der Waals surface area contributed by atoms with Gasteiger partial charge in [-0.25, -0.2) is 12.8 Å². The van der Waals surface area contributed by atoms with E-state index in [-0.39, 0.29) is 5.92 Å². The third-order valence-corrected chi connectivity index (χ3v) is 5.71. The molecule has 1 aliphatic carbocycles. The Morgan fingerprint density at radius 1 is 1.30 bits per heavy atom. The first-order chi connectivity index (χ1) is 10.9. The summed E-state index contributed by atoms with van der Waals surface area (Å²) in [5, 5.41) is 0. The normalized spacial score (nSPS) is 17.7. The molecule has 5 nitrogen and oxygen atoms in total. The van der Waals surface area contributed by atoms with Crippen molar-refractivity contribution in [1.82, 2.24) is 4.72 Å². The van der Waals surface area contributed by atoms with Gasteiger partial charge < -0.3 is 4.74 Å². The monoisotopic (exact) mass is 343 g/mol. The van der Waals surface area contributed by atoms with Crippen molar-refractivity contribution in [3.63, 3.8) is 0 Å². The minimum Gasteiger partial charge on any atom is -0.468 e. The van der Waals surface area contributed by atoms with Gasteiger partial charge in [0.25, 0.3) is 0 Å². The van der Waals surface area contributed by atoms with Gasteiger partial charge in [-0.15, -0.1) is 0 Å². The number of nitrogens with one attached hydrogen (secondary N) is 1. The van der Waals surface area contributed by atoms with E-state index in [1.54, 1.807) is 0 Å². The molecule has 0 radical (unpaired) electrons. The molecule has 1 aromatic rings. The van der Waals surface area contributed by atoms with E-state index in [9.17, 15) is 17.6 Å². The second-order valence-corrected chi connectivity index (χ2v) is 7.55. The molecule has 7 heteroatoms. The largest absolute Gasteiger partial charge is 0.468 e. The number of rotatable bonds is 6. The number of ether oxygens (including phenoxy) is 1. The average Bonchev–Trinajstić information content (AvgIpc) is 2.54. The van der Waals surface area contributed by atoms with Crippen molar-refractivity contribution in [1.29, 1.82) is 0 Å². The van der Waals surface area contributed by atoms with E-state index in [2.05, 4.69) is 4.72 Å². The van der Waals surface area contributed by atoms with Crippen LogP contribution in [0.3, 0.4) is 0 Å². The van der Waals surface area contributed by atoms with Crippen LogP contribution in [0.2, 0.25) is 0 Å². The summed E-state index contributed by atoms with van der Waals surface area (Å²) in [6.07, 6.45) is 5.64. The molecule has 2 rings (SSSR count). The van der Waals surface area contributed by atoms with E-state index in [1.165, 1.54) is 31.7 Å². The second kappa shape index (κ2) is 7.88. The molecular formula is C16H22FNO4S. The van der Waals surface area contributed by atoms with Gasteiger partial charge in [-0.1, -0.05) is 44.2 Å². The Hall–Kier alpha value is -1.47. The van der Waals surface area contributed by atoms with Crippen molar-refractivity contribution in [2.75, 3.05) is 7.11 Å². The standard InChI is InChI=1S/C16H22FNO4S/c1-22-16(19)14(11-12-7-3-2-4-8-12)18-23(20,21)15-10-6-5-9-13(15)17/h5-6,9-10,12,14,18H,2-4,7-8,11H2,1H3. The molecule has 0 spiro atoms. The van der Waals surface area contributed by atoms with E-state index in [0.717, 1.165) is 31.7 Å². The number of methoxy groups -OCH3 is 1. The molecule has 23 heavy (non-hydrogen) atoms. The van der Waals surface area contributed by atoms with E-state index < -0.39 is 32.7 Å². The number of hydrogen-bond acceptors (Lipinski definition) is 4. The summed E-state index contributed by atoms with van der Waals surface area (Å²) in [5.41, 5.74) is 0. The summed E-state index contributed by atoms with van der Waals surface area (Å²) in [7, 11) is -2.91. The van der Waals surface area contributed by atoms with Gasteiger partial charge in [0.15, 0.2) is 0 Å². The third-order valence-electron chi connectivity index (χ3n) is 4.20. The first-order valence-electron chi connectivity index (χ1n) is 7.78. The van der Waals surface area contributed by atoms with Crippen molar-refractivity contribution in [2.45, 2.75) is 49.5 Å². The lowest BCUT2D eigenvalue weighted by atomic mass is 9.85. The zero-order valence-electron chi connectivity index (χ0n) is 13.1. The number of carbonyl (C=O) groups excluding carboxylic acids is 1. The Labute approximate surface area is 136 Å². The SMILES string of the molecule is COC(=O)C(CC1CCCCC1)NS(=O)(=O)c1ccccc1F. The number of esters is 1. The summed E-state index contributed by atoms with van der Waals surface area (Å²) in [4.78, 5) is 11.5. The molecule has 1 aliphatic rings. The Kier molecular flexibility index (Phi) is 6.12. The number of carbonyl (C=O) groups is 1. The van der Waals surface area contributed by atoms with Gasteiger partial charge in [0.05, 0.1) is 7.11 Å². The van der Waals surface area contributed by atoms with Gasteiger partial charge in [-0.3, -0.25) is 4.79 Å². The highest BCUT2D eigenvalue weighted by molar-refractivity contribution is 7.89. The van der Waals surface area contributed by atoms with Gasteiger partial charge in [-0.2, -0.15) is 4.72 Å². The Balaban J connectivity index is 2.16. The van der Waals surface area contributed by atoms with E-state index in [1.807, 2.05) is 0 Å². The lowest BCUT2D eigenvalue weighted by Crippen LogP contribution is -2.43. The highest BCUT2D eigenvalue weighted by Gasteiger charge is 2.30. The first kappa shape index (κ1) is 17.9.